The predicted molar refractivity (Wildman–Crippen MR) is 132 cm³/mol. The molecule has 2 amide bonds. The van der Waals surface area contributed by atoms with Gasteiger partial charge in [-0.1, -0.05) is 6.07 Å². The molecule has 174 valence electrons. The molecule has 1 aliphatic carbocycles. The van der Waals surface area contributed by atoms with Crippen molar-refractivity contribution in [2.75, 3.05) is 10.6 Å². The van der Waals surface area contributed by atoms with E-state index in [4.69, 9.17) is 4.98 Å². The first-order valence-electron chi connectivity index (χ1n) is 11.3. The minimum atomic E-state index is -0.234. The van der Waals surface area contributed by atoms with E-state index < -0.39 is 0 Å². The van der Waals surface area contributed by atoms with Crippen molar-refractivity contribution in [1.82, 2.24) is 25.1 Å². The molecule has 1 saturated carbocycles. The van der Waals surface area contributed by atoms with Crippen LogP contribution in [0.4, 0.5) is 11.5 Å². The Bertz CT molecular complexity index is 1430. The van der Waals surface area contributed by atoms with Crippen molar-refractivity contribution in [2.45, 2.75) is 32.6 Å². The molecule has 9 nitrogen and oxygen atoms in total. The molecule has 0 aliphatic heterocycles. The van der Waals surface area contributed by atoms with Gasteiger partial charge in [0.05, 0.1) is 23.1 Å². The number of rotatable bonds is 6. The molecule has 35 heavy (non-hydrogen) atoms. The number of carbonyl (C=O) groups is 2. The first kappa shape index (κ1) is 22.3. The van der Waals surface area contributed by atoms with E-state index in [1.165, 1.54) is 13.1 Å². The first-order chi connectivity index (χ1) is 17.0. The summed E-state index contributed by atoms with van der Waals surface area (Å²) in [7, 11) is 0. The van der Waals surface area contributed by atoms with Gasteiger partial charge in [0, 0.05) is 42.0 Å². The fraction of sp³-hybridized carbons (Fsp3) is 0.192. The summed E-state index contributed by atoms with van der Waals surface area (Å²) in [5.41, 5.74) is 5.32. The van der Waals surface area contributed by atoms with E-state index in [1.54, 1.807) is 24.5 Å². The van der Waals surface area contributed by atoms with Crippen LogP contribution in [0.2, 0.25) is 0 Å². The molecule has 1 aliphatic rings. The lowest BCUT2D eigenvalue weighted by Crippen LogP contribution is -2.13. The van der Waals surface area contributed by atoms with Crippen LogP contribution in [0.25, 0.3) is 22.6 Å². The molecule has 9 heteroatoms. The number of amides is 2. The summed E-state index contributed by atoms with van der Waals surface area (Å²) in [4.78, 5) is 37.5. The van der Waals surface area contributed by atoms with E-state index in [9.17, 15) is 9.59 Å². The highest BCUT2D eigenvalue weighted by Gasteiger charge is 2.26. The van der Waals surface area contributed by atoms with Crippen molar-refractivity contribution in [1.29, 1.82) is 0 Å². The molecule has 4 aromatic rings. The largest absolute Gasteiger partial charge is 0.322 e. The Morgan fingerprint density at radius 3 is 2.60 bits per heavy atom. The highest BCUT2D eigenvalue weighted by molar-refractivity contribution is 6.04. The van der Waals surface area contributed by atoms with Gasteiger partial charge in [-0.2, -0.15) is 10.2 Å². The predicted octanol–water partition coefficient (Wildman–Crippen LogP) is 4.39. The number of nitrogens with zero attached hydrogens (tertiary/aromatic N) is 5. The first-order valence-corrected chi connectivity index (χ1v) is 11.3. The average molecular weight is 466 g/mol. The van der Waals surface area contributed by atoms with Crippen molar-refractivity contribution < 1.29 is 9.59 Å². The van der Waals surface area contributed by atoms with E-state index in [0.29, 0.717) is 34.5 Å². The molecule has 0 saturated heterocycles. The monoisotopic (exact) mass is 465 g/mol. The van der Waals surface area contributed by atoms with Crippen LogP contribution in [0.15, 0.2) is 61.1 Å². The van der Waals surface area contributed by atoms with Crippen LogP contribution < -0.4 is 10.6 Å². The Balaban J connectivity index is 1.41. The van der Waals surface area contributed by atoms with Crippen molar-refractivity contribution in [3.05, 3.63) is 77.9 Å². The minimum Gasteiger partial charge on any atom is -0.322 e. The Morgan fingerprint density at radius 2 is 1.80 bits per heavy atom. The van der Waals surface area contributed by atoms with Gasteiger partial charge in [0.25, 0.3) is 5.91 Å². The third kappa shape index (κ3) is 5.19. The van der Waals surface area contributed by atoms with Gasteiger partial charge < -0.3 is 10.6 Å². The third-order valence-corrected chi connectivity index (χ3v) is 5.68. The van der Waals surface area contributed by atoms with Crippen LogP contribution in [-0.2, 0) is 4.79 Å². The van der Waals surface area contributed by atoms with Crippen LogP contribution in [0.1, 0.15) is 47.3 Å². The van der Waals surface area contributed by atoms with Crippen molar-refractivity contribution in [2.24, 2.45) is 0 Å². The molecule has 0 atom stereocenters. The highest BCUT2D eigenvalue weighted by atomic mass is 16.2. The maximum atomic E-state index is 12.8. The second-order valence-electron chi connectivity index (χ2n) is 8.50. The molecule has 0 spiro atoms. The normalized spacial score (nSPS) is 12.7. The van der Waals surface area contributed by atoms with Crippen molar-refractivity contribution in [3.63, 3.8) is 0 Å². The summed E-state index contributed by atoms with van der Waals surface area (Å²) in [6, 6.07) is 12.8. The van der Waals surface area contributed by atoms with Crippen LogP contribution in [-0.4, -0.2) is 37.0 Å². The van der Waals surface area contributed by atoms with Crippen LogP contribution >= 0.6 is 0 Å². The van der Waals surface area contributed by atoms with Crippen LogP contribution in [0.3, 0.4) is 0 Å². The topological polar surface area (TPSA) is 123 Å². The Labute approximate surface area is 202 Å². The van der Waals surface area contributed by atoms with E-state index in [2.05, 4.69) is 30.8 Å². The van der Waals surface area contributed by atoms with E-state index in [0.717, 1.165) is 35.2 Å². The van der Waals surface area contributed by atoms with Gasteiger partial charge in [0.2, 0.25) is 5.91 Å². The maximum absolute atomic E-state index is 12.8. The smallest absolute Gasteiger partial charge is 0.257 e. The van der Waals surface area contributed by atoms with Crippen LogP contribution in [0.5, 0.6) is 0 Å². The van der Waals surface area contributed by atoms with Gasteiger partial charge in [-0.15, -0.1) is 0 Å². The molecule has 5 rings (SSSR count). The quantitative estimate of drug-likeness (QED) is 0.433. The molecule has 1 aromatic carbocycles. The Hall–Kier alpha value is -4.53. The summed E-state index contributed by atoms with van der Waals surface area (Å²) in [5.74, 6) is 0.913. The highest BCUT2D eigenvalue weighted by Crippen LogP contribution is 2.38. The fourth-order valence-electron chi connectivity index (χ4n) is 3.73. The van der Waals surface area contributed by atoms with Gasteiger partial charge in [-0.25, -0.2) is 15.0 Å². The van der Waals surface area contributed by atoms with Gasteiger partial charge in [-0.05, 0) is 61.7 Å². The lowest BCUT2D eigenvalue weighted by atomic mass is 10.0. The second kappa shape index (κ2) is 9.38. The van der Waals surface area contributed by atoms with Crippen molar-refractivity contribution >= 4 is 23.3 Å². The maximum Gasteiger partial charge on any atom is 0.257 e. The van der Waals surface area contributed by atoms with Gasteiger partial charge in [0.1, 0.15) is 5.82 Å². The van der Waals surface area contributed by atoms with Gasteiger partial charge >= 0.3 is 0 Å². The number of aryl methyl sites for hydroxylation is 1. The zero-order valence-electron chi connectivity index (χ0n) is 19.3. The Morgan fingerprint density at radius 1 is 0.971 bits per heavy atom. The minimum absolute atomic E-state index is 0.204. The zero-order valence-corrected chi connectivity index (χ0v) is 19.3. The van der Waals surface area contributed by atoms with E-state index in [1.807, 2.05) is 37.3 Å². The number of carbonyl (C=O) groups excluding carboxylic acids is 2. The summed E-state index contributed by atoms with van der Waals surface area (Å²) in [6.45, 7) is 3.41. The number of aromatic nitrogens is 5. The number of hydrogen-bond donors (Lipinski definition) is 2. The van der Waals surface area contributed by atoms with Gasteiger partial charge in [-0.3, -0.25) is 9.59 Å². The van der Waals surface area contributed by atoms with Gasteiger partial charge in [0.15, 0.2) is 5.82 Å². The summed E-state index contributed by atoms with van der Waals surface area (Å²) >= 11 is 0. The molecule has 1 fully saturated rings. The number of nitrogens with one attached hydrogen (secondary N) is 2. The molecule has 0 bridgehead atoms. The van der Waals surface area contributed by atoms with Crippen LogP contribution in [0, 0.1) is 6.92 Å². The molecule has 2 N–H and O–H groups in total. The summed E-state index contributed by atoms with van der Waals surface area (Å²) in [5, 5.41) is 13.8. The zero-order chi connectivity index (χ0) is 24.4. The Kier molecular flexibility index (Phi) is 5.97. The fourth-order valence-corrected chi connectivity index (χ4v) is 3.73. The lowest BCUT2D eigenvalue weighted by Gasteiger charge is -2.11. The standard InChI is InChI=1S/C26H23N7O2/c1-15-3-6-20(31-26(35)19-11-23(17-4-5-17)33-29-14-19)13-21(15)22-8-10-28-25(32-22)18-7-9-27-24(12-18)30-16(2)34/h3,6-14,17H,4-5H2,1-2H3,(H,31,35)(H,27,30,34). The number of benzene rings is 1. The third-order valence-electron chi connectivity index (χ3n) is 5.68. The van der Waals surface area contributed by atoms with E-state index >= 15 is 0 Å². The lowest BCUT2D eigenvalue weighted by molar-refractivity contribution is -0.114. The summed E-state index contributed by atoms with van der Waals surface area (Å²) in [6.07, 6.45) is 6.95. The molecular weight excluding hydrogens is 442 g/mol. The average Bonchev–Trinajstić information content (AvgIpc) is 3.71. The second-order valence-corrected chi connectivity index (χ2v) is 8.50. The summed E-state index contributed by atoms with van der Waals surface area (Å²) < 4.78 is 0. The van der Waals surface area contributed by atoms with E-state index in [-0.39, 0.29) is 11.8 Å². The molecule has 3 aromatic heterocycles. The SMILES string of the molecule is CC(=O)Nc1cc(-c2nccc(-c3cc(NC(=O)c4cnnc(C5CC5)c4)ccc3C)n2)ccn1. The molecule has 0 radical (unpaired) electrons. The number of hydrogen-bond acceptors (Lipinski definition) is 7. The number of pyridine rings is 1. The van der Waals surface area contributed by atoms with Crippen molar-refractivity contribution in [3.8, 4) is 22.6 Å². The molecular formula is C26H23N7O2. The molecule has 0 unspecified atom stereocenters. The molecule has 3 heterocycles. The number of anilines is 2.